The maximum atomic E-state index is 5.45. The number of morpholine rings is 1. The van der Waals surface area contributed by atoms with Crippen molar-refractivity contribution in [2.75, 3.05) is 64.4 Å². The average Bonchev–Trinajstić information content (AvgIpc) is 2.81. The number of aliphatic imine (C=N–C) groups is 1. The minimum atomic E-state index is 0. The topological polar surface area (TPSA) is 69.1 Å². The van der Waals surface area contributed by atoms with Crippen molar-refractivity contribution in [3.63, 3.8) is 0 Å². The maximum absolute atomic E-state index is 5.45. The number of benzene rings is 1. The molecule has 0 radical (unpaired) electrons. The van der Waals surface area contributed by atoms with E-state index < -0.39 is 0 Å². The first-order valence-corrected chi connectivity index (χ1v) is 10.7. The number of rotatable bonds is 5. The number of nitrogens with one attached hydrogen (secondary N) is 1. The number of anilines is 1. The Kier molecular flexibility index (Phi) is 9.29. The second-order valence-electron chi connectivity index (χ2n) is 7.63. The van der Waals surface area contributed by atoms with Crippen molar-refractivity contribution in [3.05, 3.63) is 53.9 Å². The first-order chi connectivity index (χ1) is 14.8. The van der Waals surface area contributed by atoms with Gasteiger partial charge in [0.1, 0.15) is 0 Å². The Hall–Kier alpha value is -1.98. The molecule has 0 bridgehead atoms. The minimum Gasteiger partial charge on any atom is -0.379 e. The molecule has 0 saturated carbocycles. The number of piperazine rings is 1. The van der Waals surface area contributed by atoms with Gasteiger partial charge >= 0.3 is 0 Å². The van der Waals surface area contributed by atoms with Crippen LogP contribution in [0.1, 0.15) is 11.1 Å². The summed E-state index contributed by atoms with van der Waals surface area (Å²) in [6.45, 7) is 9.01. The number of hydrogen-bond acceptors (Lipinski definition) is 6. The zero-order chi connectivity index (χ0) is 20.6. The number of nitrogens with zero attached hydrogens (tertiary/aromatic N) is 6. The van der Waals surface area contributed by atoms with Crippen LogP contribution in [0.4, 0.5) is 5.95 Å². The van der Waals surface area contributed by atoms with Crippen LogP contribution in [0.25, 0.3) is 0 Å². The molecule has 1 aromatic heterocycles. The fourth-order valence-corrected chi connectivity index (χ4v) is 3.94. The van der Waals surface area contributed by atoms with Gasteiger partial charge in [0.25, 0.3) is 0 Å². The summed E-state index contributed by atoms with van der Waals surface area (Å²) in [5.74, 6) is 1.75. The van der Waals surface area contributed by atoms with Crippen LogP contribution in [0, 0.1) is 0 Å². The van der Waals surface area contributed by atoms with Crippen LogP contribution in [-0.2, 0) is 17.8 Å². The first-order valence-electron chi connectivity index (χ1n) is 10.7. The maximum Gasteiger partial charge on any atom is 0.225 e. The van der Waals surface area contributed by atoms with E-state index in [1.807, 2.05) is 13.1 Å². The molecule has 0 amide bonds. The van der Waals surface area contributed by atoms with Crippen molar-refractivity contribution < 1.29 is 4.74 Å². The molecule has 2 aromatic rings. The van der Waals surface area contributed by atoms with Gasteiger partial charge < -0.3 is 19.9 Å². The molecule has 0 unspecified atom stereocenters. The Balaban J connectivity index is 0.00000272. The van der Waals surface area contributed by atoms with Crippen LogP contribution in [-0.4, -0.2) is 85.3 Å². The highest BCUT2D eigenvalue weighted by Gasteiger charge is 2.21. The lowest BCUT2D eigenvalue weighted by Gasteiger charge is -2.36. The average molecular weight is 537 g/mol. The lowest BCUT2D eigenvalue weighted by atomic mass is 10.1. The second kappa shape index (κ2) is 12.2. The molecule has 2 fully saturated rings. The van der Waals surface area contributed by atoms with E-state index in [2.05, 4.69) is 59.2 Å². The molecule has 0 atom stereocenters. The zero-order valence-electron chi connectivity index (χ0n) is 18.1. The van der Waals surface area contributed by atoms with Gasteiger partial charge in [0, 0.05) is 71.8 Å². The predicted octanol–water partition coefficient (Wildman–Crippen LogP) is 1.82. The third kappa shape index (κ3) is 6.75. The summed E-state index contributed by atoms with van der Waals surface area (Å²) >= 11 is 0. The molecule has 2 saturated heterocycles. The van der Waals surface area contributed by atoms with Gasteiger partial charge in [0.15, 0.2) is 5.96 Å². The Morgan fingerprint density at radius 1 is 1.00 bits per heavy atom. The van der Waals surface area contributed by atoms with Crippen molar-refractivity contribution in [2.45, 2.75) is 13.1 Å². The fourth-order valence-electron chi connectivity index (χ4n) is 3.94. The molecule has 2 aliphatic heterocycles. The van der Waals surface area contributed by atoms with E-state index >= 15 is 0 Å². The summed E-state index contributed by atoms with van der Waals surface area (Å²) in [6, 6.07) is 10.7. The molecule has 3 heterocycles. The van der Waals surface area contributed by atoms with Gasteiger partial charge in [-0.1, -0.05) is 24.3 Å². The Morgan fingerprint density at radius 3 is 2.42 bits per heavy atom. The Bertz CT molecular complexity index is 822. The normalized spacial score (nSPS) is 17.9. The van der Waals surface area contributed by atoms with E-state index in [-0.39, 0.29) is 24.0 Å². The lowest BCUT2D eigenvalue weighted by molar-refractivity contribution is 0.0342. The largest absolute Gasteiger partial charge is 0.379 e. The summed E-state index contributed by atoms with van der Waals surface area (Å²) in [4.78, 5) is 20.2. The predicted molar refractivity (Wildman–Crippen MR) is 134 cm³/mol. The van der Waals surface area contributed by atoms with Gasteiger partial charge in [-0.25, -0.2) is 9.97 Å². The number of aromatic nitrogens is 2. The van der Waals surface area contributed by atoms with Gasteiger partial charge in [0.2, 0.25) is 5.95 Å². The highest BCUT2D eigenvalue weighted by Crippen LogP contribution is 2.12. The number of ether oxygens (including phenoxy) is 1. The molecule has 0 spiro atoms. The number of halogens is 1. The SMILES string of the molecule is CN=C(NCc1cccc(CN2CCOCC2)c1)N1CCN(c2ncccn2)CC1.I. The summed E-state index contributed by atoms with van der Waals surface area (Å²) in [5.41, 5.74) is 2.63. The zero-order valence-corrected chi connectivity index (χ0v) is 20.4. The van der Waals surface area contributed by atoms with Gasteiger partial charge in [-0.05, 0) is 17.2 Å². The van der Waals surface area contributed by atoms with E-state index in [9.17, 15) is 0 Å². The van der Waals surface area contributed by atoms with E-state index in [1.165, 1.54) is 11.1 Å². The smallest absolute Gasteiger partial charge is 0.225 e. The highest BCUT2D eigenvalue weighted by molar-refractivity contribution is 14.0. The molecular formula is C22H32IN7O. The quantitative estimate of drug-likeness (QED) is 0.355. The van der Waals surface area contributed by atoms with Crippen LogP contribution in [0.3, 0.4) is 0 Å². The fraction of sp³-hybridized carbons (Fsp3) is 0.500. The lowest BCUT2D eigenvalue weighted by Crippen LogP contribution is -2.52. The number of guanidine groups is 1. The summed E-state index contributed by atoms with van der Waals surface area (Å²) < 4.78 is 5.45. The van der Waals surface area contributed by atoms with Gasteiger partial charge in [-0.15, -0.1) is 24.0 Å². The van der Waals surface area contributed by atoms with Crippen LogP contribution in [0.15, 0.2) is 47.7 Å². The van der Waals surface area contributed by atoms with Crippen molar-refractivity contribution >= 4 is 35.9 Å². The van der Waals surface area contributed by atoms with Crippen LogP contribution in [0.5, 0.6) is 0 Å². The van der Waals surface area contributed by atoms with Gasteiger partial charge in [-0.3, -0.25) is 9.89 Å². The van der Waals surface area contributed by atoms with Gasteiger partial charge in [0.05, 0.1) is 13.2 Å². The molecule has 1 N–H and O–H groups in total. The molecule has 1 aromatic carbocycles. The first kappa shape index (κ1) is 23.7. The van der Waals surface area contributed by atoms with Crippen LogP contribution in [0.2, 0.25) is 0 Å². The standard InChI is InChI=1S/C22H31N7O.HI/c1-23-21(28-8-10-29(11-9-28)22-24-6-3-7-25-22)26-17-19-4-2-5-20(16-19)18-27-12-14-30-15-13-27;/h2-7,16H,8-15,17-18H2,1H3,(H,23,26);1H. The van der Waals surface area contributed by atoms with Crippen LogP contribution >= 0.6 is 24.0 Å². The van der Waals surface area contributed by atoms with E-state index in [0.29, 0.717) is 0 Å². The van der Waals surface area contributed by atoms with Crippen molar-refractivity contribution in [3.8, 4) is 0 Å². The van der Waals surface area contributed by atoms with Crippen molar-refractivity contribution in [1.29, 1.82) is 0 Å². The molecule has 4 rings (SSSR count). The molecule has 31 heavy (non-hydrogen) atoms. The second-order valence-corrected chi connectivity index (χ2v) is 7.63. The molecule has 0 aliphatic carbocycles. The molecule has 168 valence electrons. The Morgan fingerprint density at radius 2 is 1.71 bits per heavy atom. The number of hydrogen-bond donors (Lipinski definition) is 1. The van der Waals surface area contributed by atoms with E-state index in [1.54, 1.807) is 12.4 Å². The van der Waals surface area contributed by atoms with Crippen molar-refractivity contribution in [2.24, 2.45) is 4.99 Å². The monoisotopic (exact) mass is 537 g/mol. The van der Waals surface area contributed by atoms with Gasteiger partial charge in [-0.2, -0.15) is 0 Å². The third-order valence-electron chi connectivity index (χ3n) is 5.58. The highest BCUT2D eigenvalue weighted by atomic mass is 127. The molecule has 8 nitrogen and oxygen atoms in total. The van der Waals surface area contributed by atoms with E-state index in [0.717, 1.165) is 77.5 Å². The third-order valence-corrected chi connectivity index (χ3v) is 5.58. The summed E-state index contributed by atoms with van der Waals surface area (Å²) in [5, 5.41) is 3.53. The summed E-state index contributed by atoms with van der Waals surface area (Å²) in [7, 11) is 1.85. The van der Waals surface area contributed by atoms with Crippen molar-refractivity contribution in [1.82, 2.24) is 25.1 Å². The Labute approximate surface area is 201 Å². The summed E-state index contributed by atoms with van der Waals surface area (Å²) in [6.07, 6.45) is 3.59. The van der Waals surface area contributed by atoms with Crippen LogP contribution < -0.4 is 10.2 Å². The molecule has 9 heteroatoms. The molecule has 2 aliphatic rings. The van der Waals surface area contributed by atoms with E-state index in [4.69, 9.17) is 4.74 Å². The molecular weight excluding hydrogens is 505 g/mol. The minimum absolute atomic E-state index is 0.